The minimum absolute atomic E-state index is 0.211. The van der Waals surface area contributed by atoms with Crippen LogP contribution >= 0.6 is 0 Å². The van der Waals surface area contributed by atoms with Crippen LogP contribution in [0.25, 0.3) is 5.69 Å². The van der Waals surface area contributed by atoms with Gasteiger partial charge in [0.05, 0.1) is 23.8 Å². The molecule has 0 saturated carbocycles. The maximum atomic E-state index is 11.7. The maximum Gasteiger partial charge on any atom is 0.238 e. The SMILES string of the molecule is N#CCC(=O)Nc1cc2c(cc1-n1ccnc1)OCCO2. The zero-order valence-electron chi connectivity index (χ0n) is 11.1. The van der Waals surface area contributed by atoms with E-state index in [1.807, 2.05) is 6.07 Å². The number of anilines is 1. The monoisotopic (exact) mass is 284 g/mol. The van der Waals surface area contributed by atoms with Crippen LogP contribution in [0.5, 0.6) is 11.5 Å². The lowest BCUT2D eigenvalue weighted by Crippen LogP contribution is -2.17. The second-order valence-electron chi connectivity index (χ2n) is 4.37. The number of benzene rings is 1. The van der Waals surface area contributed by atoms with Crippen LogP contribution in [-0.2, 0) is 4.79 Å². The van der Waals surface area contributed by atoms with E-state index in [0.29, 0.717) is 36.1 Å². The summed E-state index contributed by atoms with van der Waals surface area (Å²) in [5.41, 5.74) is 1.24. The van der Waals surface area contributed by atoms with Gasteiger partial charge in [-0.15, -0.1) is 0 Å². The Morgan fingerprint density at radius 3 is 2.81 bits per heavy atom. The first kappa shape index (κ1) is 13.0. The van der Waals surface area contributed by atoms with Gasteiger partial charge < -0.3 is 19.4 Å². The molecule has 21 heavy (non-hydrogen) atoms. The molecule has 1 aromatic heterocycles. The first-order valence-corrected chi connectivity index (χ1v) is 6.36. The molecule has 1 aromatic carbocycles. The number of hydrogen-bond donors (Lipinski definition) is 1. The van der Waals surface area contributed by atoms with E-state index in [0.717, 1.165) is 0 Å². The van der Waals surface area contributed by atoms with Crippen molar-refractivity contribution in [3.05, 3.63) is 30.9 Å². The maximum absolute atomic E-state index is 11.7. The molecule has 0 spiro atoms. The fourth-order valence-electron chi connectivity index (χ4n) is 2.06. The van der Waals surface area contributed by atoms with Gasteiger partial charge in [0.25, 0.3) is 0 Å². The summed E-state index contributed by atoms with van der Waals surface area (Å²) in [7, 11) is 0. The molecule has 3 rings (SSSR count). The lowest BCUT2D eigenvalue weighted by atomic mass is 10.2. The highest BCUT2D eigenvalue weighted by Gasteiger charge is 2.18. The van der Waals surface area contributed by atoms with Crippen LogP contribution in [0, 0.1) is 11.3 Å². The van der Waals surface area contributed by atoms with Gasteiger partial charge >= 0.3 is 0 Å². The second-order valence-corrected chi connectivity index (χ2v) is 4.37. The van der Waals surface area contributed by atoms with Crippen molar-refractivity contribution < 1.29 is 14.3 Å². The fraction of sp³-hybridized carbons (Fsp3) is 0.214. The van der Waals surface area contributed by atoms with Crippen LogP contribution in [0.3, 0.4) is 0 Å². The number of aromatic nitrogens is 2. The molecule has 2 aromatic rings. The van der Waals surface area contributed by atoms with E-state index in [9.17, 15) is 4.79 Å². The smallest absolute Gasteiger partial charge is 0.238 e. The van der Waals surface area contributed by atoms with Gasteiger partial charge in [-0.1, -0.05) is 0 Å². The molecular weight excluding hydrogens is 272 g/mol. The van der Waals surface area contributed by atoms with Gasteiger partial charge in [0, 0.05) is 24.5 Å². The lowest BCUT2D eigenvalue weighted by Gasteiger charge is -2.21. The van der Waals surface area contributed by atoms with Gasteiger partial charge in [-0.3, -0.25) is 4.79 Å². The molecule has 106 valence electrons. The Labute approximate surface area is 120 Å². The first-order valence-electron chi connectivity index (χ1n) is 6.36. The van der Waals surface area contributed by atoms with Gasteiger partial charge in [0.15, 0.2) is 11.5 Å². The number of nitriles is 1. The highest BCUT2D eigenvalue weighted by molar-refractivity contribution is 5.94. The van der Waals surface area contributed by atoms with Gasteiger partial charge in [-0.05, 0) is 0 Å². The Kier molecular flexibility index (Phi) is 3.43. The lowest BCUT2D eigenvalue weighted by molar-refractivity contribution is -0.115. The van der Waals surface area contributed by atoms with Gasteiger partial charge in [0.2, 0.25) is 5.91 Å². The molecule has 0 bridgehead atoms. The van der Waals surface area contributed by atoms with Crippen molar-refractivity contribution in [2.24, 2.45) is 0 Å². The number of amides is 1. The number of fused-ring (bicyclic) bond motifs is 1. The number of imidazole rings is 1. The van der Waals surface area contributed by atoms with Crippen LogP contribution in [-0.4, -0.2) is 28.7 Å². The topological polar surface area (TPSA) is 89.2 Å². The number of nitrogens with one attached hydrogen (secondary N) is 1. The minimum Gasteiger partial charge on any atom is -0.486 e. The normalized spacial score (nSPS) is 12.5. The Balaban J connectivity index is 2.03. The summed E-state index contributed by atoms with van der Waals surface area (Å²) in [5.74, 6) is 0.802. The number of ether oxygens (including phenoxy) is 2. The molecule has 1 aliphatic heterocycles. The van der Waals surface area contributed by atoms with Crippen molar-refractivity contribution in [3.63, 3.8) is 0 Å². The summed E-state index contributed by atoms with van der Waals surface area (Å²) >= 11 is 0. The predicted molar refractivity (Wildman–Crippen MR) is 73.4 cm³/mol. The third kappa shape index (κ3) is 2.65. The summed E-state index contributed by atoms with van der Waals surface area (Å²) in [6.45, 7) is 0.944. The molecule has 0 saturated heterocycles. The average Bonchev–Trinajstić information content (AvgIpc) is 3.01. The molecule has 0 radical (unpaired) electrons. The quantitative estimate of drug-likeness (QED) is 0.922. The fourth-order valence-corrected chi connectivity index (χ4v) is 2.06. The largest absolute Gasteiger partial charge is 0.486 e. The Morgan fingerprint density at radius 2 is 2.14 bits per heavy atom. The number of carbonyl (C=O) groups excluding carboxylic acids is 1. The van der Waals surface area contributed by atoms with Crippen molar-refractivity contribution >= 4 is 11.6 Å². The zero-order valence-corrected chi connectivity index (χ0v) is 11.1. The van der Waals surface area contributed by atoms with Crippen molar-refractivity contribution in [1.82, 2.24) is 9.55 Å². The highest BCUT2D eigenvalue weighted by atomic mass is 16.6. The van der Waals surface area contributed by atoms with Crippen molar-refractivity contribution in [2.75, 3.05) is 18.5 Å². The second kappa shape index (κ2) is 5.54. The molecule has 0 fully saturated rings. The van der Waals surface area contributed by atoms with Crippen LogP contribution in [0.4, 0.5) is 5.69 Å². The molecule has 1 aliphatic rings. The van der Waals surface area contributed by atoms with Gasteiger partial charge in [-0.25, -0.2) is 4.98 Å². The summed E-state index contributed by atoms with van der Waals surface area (Å²) in [6.07, 6.45) is 4.80. The van der Waals surface area contributed by atoms with Crippen molar-refractivity contribution in [1.29, 1.82) is 5.26 Å². The molecule has 1 N–H and O–H groups in total. The zero-order chi connectivity index (χ0) is 14.7. The van der Waals surface area contributed by atoms with Crippen LogP contribution < -0.4 is 14.8 Å². The van der Waals surface area contributed by atoms with Crippen molar-refractivity contribution in [3.8, 4) is 23.3 Å². The minimum atomic E-state index is -0.379. The van der Waals surface area contributed by atoms with Gasteiger partial charge in [0.1, 0.15) is 19.6 Å². The van der Waals surface area contributed by atoms with E-state index in [-0.39, 0.29) is 12.3 Å². The molecule has 1 amide bonds. The molecule has 0 atom stereocenters. The van der Waals surface area contributed by atoms with Crippen LogP contribution in [0.1, 0.15) is 6.42 Å². The van der Waals surface area contributed by atoms with E-state index in [2.05, 4.69) is 10.3 Å². The first-order chi connectivity index (χ1) is 10.3. The third-order valence-corrected chi connectivity index (χ3v) is 2.96. The molecule has 7 heteroatoms. The van der Waals surface area contributed by atoms with E-state index in [1.165, 1.54) is 0 Å². The van der Waals surface area contributed by atoms with E-state index in [4.69, 9.17) is 14.7 Å². The third-order valence-electron chi connectivity index (χ3n) is 2.96. The number of carbonyl (C=O) groups is 1. The number of hydrogen-bond acceptors (Lipinski definition) is 5. The summed E-state index contributed by atoms with van der Waals surface area (Å²) in [5, 5.41) is 11.3. The highest BCUT2D eigenvalue weighted by Crippen LogP contribution is 2.37. The number of rotatable bonds is 3. The van der Waals surface area contributed by atoms with Crippen molar-refractivity contribution in [2.45, 2.75) is 6.42 Å². The predicted octanol–water partition coefficient (Wildman–Crippen LogP) is 1.50. The molecule has 7 nitrogen and oxygen atoms in total. The van der Waals surface area contributed by atoms with Crippen LogP contribution in [0.2, 0.25) is 0 Å². The molecule has 0 aliphatic carbocycles. The Bertz CT molecular complexity index is 704. The Hall–Kier alpha value is -3.01. The molecule has 0 unspecified atom stereocenters. The summed E-state index contributed by atoms with van der Waals surface area (Å²) < 4.78 is 12.8. The number of nitrogens with zero attached hydrogens (tertiary/aromatic N) is 3. The van der Waals surface area contributed by atoms with Crippen LogP contribution in [0.15, 0.2) is 30.9 Å². The standard InChI is InChI=1S/C14H12N4O3/c15-2-1-14(19)17-10-7-12-13(21-6-5-20-12)8-11(10)18-4-3-16-9-18/h3-4,7-9H,1,5-6H2,(H,17,19). The summed E-state index contributed by atoms with van der Waals surface area (Å²) in [6, 6.07) is 5.29. The molecular formula is C14H12N4O3. The Morgan fingerprint density at radius 1 is 1.38 bits per heavy atom. The molecule has 2 heterocycles. The average molecular weight is 284 g/mol. The van der Waals surface area contributed by atoms with E-state index < -0.39 is 0 Å². The van der Waals surface area contributed by atoms with E-state index in [1.54, 1.807) is 35.4 Å². The summed E-state index contributed by atoms with van der Waals surface area (Å²) in [4.78, 5) is 15.7. The van der Waals surface area contributed by atoms with Gasteiger partial charge in [-0.2, -0.15) is 5.26 Å². The van der Waals surface area contributed by atoms with E-state index >= 15 is 0 Å².